The molecule has 1 N–H and O–H groups in total. The molecular formula is C20H27N3S. The minimum absolute atomic E-state index is 0.372. The van der Waals surface area contributed by atoms with Gasteiger partial charge in [-0.2, -0.15) is 12.6 Å². The number of aromatic amines is 1. The van der Waals surface area contributed by atoms with Crippen molar-refractivity contribution < 1.29 is 0 Å². The van der Waals surface area contributed by atoms with Crippen molar-refractivity contribution in [1.29, 1.82) is 0 Å². The van der Waals surface area contributed by atoms with E-state index in [2.05, 4.69) is 73.6 Å². The summed E-state index contributed by atoms with van der Waals surface area (Å²) in [5.74, 6) is 2.51. The van der Waals surface area contributed by atoms with Crippen molar-refractivity contribution in [2.45, 2.75) is 45.4 Å². The van der Waals surface area contributed by atoms with Crippen LogP contribution in [0.15, 0.2) is 42.0 Å². The van der Waals surface area contributed by atoms with Crippen LogP contribution < -0.4 is 4.90 Å². The predicted octanol–water partition coefficient (Wildman–Crippen LogP) is 5.42. The smallest absolute Gasteiger partial charge is 0.207 e. The Labute approximate surface area is 150 Å². The molecular weight excluding hydrogens is 314 g/mol. The van der Waals surface area contributed by atoms with Crippen LogP contribution in [0.1, 0.15) is 56.8 Å². The Balaban J connectivity index is 1.97. The van der Waals surface area contributed by atoms with Crippen LogP contribution in [0.5, 0.6) is 0 Å². The van der Waals surface area contributed by atoms with Gasteiger partial charge in [0.2, 0.25) is 5.95 Å². The Morgan fingerprint density at radius 1 is 1.21 bits per heavy atom. The molecule has 2 aromatic rings. The number of aromatic nitrogens is 2. The third-order valence-corrected chi connectivity index (χ3v) is 5.02. The van der Waals surface area contributed by atoms with Gasteiger partial charge in [-0.3, -0.25) is 0 Å². The van der Waals surface area contributed by atoms with E-state index in [-0.39, 0.29) is 0 Å². The molecule has 0 spiro atoms. The van der Waals surface area contributed by atoms with E-state index in [1.54, 1.807) is 0 Å². The van der Waals surface area contributed by atoms with E-state index >= 15 is 0 Å². The Bertz CT molecular complexity index is 705. The van der Waals surface area contributed by atoms with E-state index in [0.717, 1.165) is 23.9 Å². The minimum atomic E-state index is 0.372. The maximum Gasteiger partial charge on any atom is 0.207 e. The SMILES string of the molecule is CCCC1=CC(C)c2nc(N(CCS)c3ccccc3)[nH]c2C1C. The lowest BCUT2D eigenvalue weighted by molar-refractivity contribution is 0.704. The number of para-hydroxylation sites is 1. The van der Waals surface area contributed by atoms with Crippen LogP contribution in [0, 0.1) is 0 Å². The highest BCUT2D eigenvalue weighted by Crippen LogP contribution is 2.40. The molecule has 4 heteroatoms. The van der Waals surface area contributed by atoms with Crippen molar-refractivity contribution in [2.75, 3.05) is 17.2 Å². The van der Waals surface area contributed by atoms with Crippen LogP contribution in [0.25, 0.3) is 0 Å². The van der Waals surface area contributed by atoms with Gasteiger partial charge in [0.1, 0.15) is 0 Å². The van der Waals surface area contributed by atoms with E-state index < -0.39 is 0 Å². The molecule has 0 fully saturated rings. The largest absolute Gasteiger partial charge is 0.327 e. The number of thiol groups is 1. The molecule has 1 aliphatic carbocycles. The number of hydrogen-bond acceptors (Lipinski definition) is 3. The van der Waals surface area contributed by atoms with Crippen LogP contribution in [0.3, 0.4) is 0 Å². The monoisotopic (exact) mass is 341 g/mol. The van der Waals surface area contributed by atoms with Crippen molar-refractivity contribution in [3.05, 3.63) is 53.4 Å². The fourth-order valence-corrected chi connectivity index (χ4v) is 3.78. The standard InChI is InChI=1S/C20H27N3S/c1-4-8-16-13-14(2)18-19(15(16)3)22-20(21-18)23(11-12-24)17-9-6-5-7-10-17/h5-7,9-10,13-15,24H,4,8,11-12H2,1-3H3,(H,21,22). The lowest BCUT2D eigenvalue weighted by atomic mass is 9.83. The second-order valence-electron chi connectivity index (χ2n) is 6.57. The Kier molecular flexibility index (Phi) is 5.34. The van der Waals surface area contributed by atoms with Crippen LogP contribution in [0.2, 0.25) is 0 Å². The number of nitrogens with one attached hydrogen (secondary N) is 1. The van der Waals surface area contributed by atoms with Gasteiger partial charge in [-0.25, -0.2) is 4.98 Å². The zero-order chi connectivity index (χ0) is 17.1. The minimum Gasteiger partial charge on any atom is -0.327 e. The first kappa shape index (κ1) is 17.2. The Morgan fingerprint density at radius 2 is 1.96 bits per heavy atom. The van der Waals surface area contributed by atoms with E-state index in [0.29, 0.717) is 11.8 Å². The molecule has 1 heterocycles. The Hall–Kier alpha value is -1.68. The van der Waals surface area contributed by atoms with Crippen molar-refractivity contribution in [2.24, 2.45) is 0 Å². The van der Waals surface area contributed by atoms with Crippen molar-refractivity contribution in [3.63, 3.8) is 0 Å². The van der Waals surface area contributed by atoms with Crippen LogP contribution in [-0.2, 0) is 0 Å². The average Bonchev–Trinajstić information content (AvgIpc) is 3.04. The van der Waals surface area contributed by atoms with Crippen LogP contribution in [0.4, 0.5) is 11.6 Å². The second-order valence-corrected chi connectivity index (χ2v) is 7.02. The fourth-order valence-electron chi connectivity index (χ4n) is 3.58. The number of benzene rings is 1. The van der Waals surface area contributed by atoms with Gasteiger partial charge in [-0.15, -0.1) is 0 Å². The first-order chi connectivity index (χ1) is 11.7. The average molecular weight is 342 g/mol. The molecule has 0 aliphatic heterocycles. The number of rotatable bonds is 6. The van der Waals surface area contributed by atoms with Crippen molar-refractivity contribution >= 4 is 24.3 Å². The van der Waals surface area contributed by atoms with Gasteiger partial charge in [0, 0.05) is 35.5 Å². The van der Waals surface area contributed by atoms with Gasteiger partial charge in [0.05, 0.1) is 5.69 Å². The summed E-state index contributed by atoms with van der Waals surface area (Å²) in [6.45, 7) is 7.61. The van der Waals surface area contributed by atoms with Crippen molar-refractivity contribution in [3.8, 4) is 0 Å². The lowest BCUT2D eigenvalue weighted by Gasteiger charge is -2.23. The van der Waals surface area contributed by atoms with E-state index in [1.165, 1.54) is 29.8 Å². The summed E-state index contributed by atoms with van der Waals surface area (Å²) in [5.41, 5.74) is 5.16. The summed E-state index contributed by atoms with van der Waals surface area (Å²) in [6.07, 6.45) is 4.76. The molecule has 1 aromatic heterocycles. The summed E-state index contributed by atoms with van der Waals surface area (Å²) in [4.78, 5) is 10.8. The summed E-state index contributed by atoms with van der Waals surface area (Å²) in [6, 6.07) is 10.4. The highest BCUT2D eigenvalue weighted by Gasteiger charge is 2.28. The second kappa shape index (κ2) is 7.47. The number of nitrogens with zero attached hydrogens (tertiary/aromatic N) is 2. The molecule has 24 heavy (non-hydrogen) atoms. The molecule has 0 saturated carbocycles. The molecule has 3 nitrogen and oxygen atoms in total. The Morgan fingerprint density at radius 3 is 2.62 bits per heavy atom. The maximum atomic E-state index is 4.96. The van der Waals surface area contributed by atoms with E-state index in [9.17, 15) is 0 Å². The number of H-pyrrole nitrogens is 1. The summed E-state index contributed by atoms with van der Waals surface area (Å²) >= 11 is 4.44. The molecule has 1 aliphatic rings. The topological polar surface area (TPSA) is 31.9 Å². The zero-order valence-corrected chi connectivity index (χ0v) is 15.7. The third-order valence-electron chi connectivity index (χ3n) is 4.82. The summed E-state index contributed by atoms with van der Waals surface area (Å²) in [7, 11) is 0. The van der Waals surface area contributed by atoms with E-state index in [4.69, 9.17) is 4.98 Å². The van der Waals surface area contributed by atoms with Gasteiger partial charge in [-0.05, 0) is 18.6 Å². The van der Waals surface area contributed by atoms with Crippen LogP contribution >= 0.6 is 12.6 Å². The molecule has 0 radical (unpaired) electrons. The third kappa shape index (κ3) is 3.25. The lowest BCUT2D eigenvalue weighted by Crippen LogP contribution is -2.20. The maximum absolute atomic E-state index is 4.96. The first-order valence-corrected chi connectivity index (χ1v) is 9.52. The fraction of sp³-hybridized carbons (Fsp3) is 0.450. The van der Waals surface area contributed by atoms with Crippen LogP contribution in [-0.4, -0.2) is 22.3 Å². The molecule has 1 aromatic carbocycles. The van der Waals surface area contributed by atoms with Crippen molar-refractivity contribution in [1.82, 2.24) is 9.97 Å². The molecule has 3 rings (SSSR count). The highest BCUT2D eigenvalue weighted by molar-refractivity contribution is 7.80. The number of fused-ring (bicyclic) bond motifs is 1. The molecule has 128 valence electrons. The molecule has 0 saturated heterocycles. The summed E-state index contributed by atoms with van der Waals surface area (Å²) in [5, 5.41) is 0. The summed E-state index contributed by atoms with van der Waals surface area (Å²) < 4.78 is 0. The molecule has 0 bridgehead atoms. The van der Waals surface area contributed by atoms with E-state index in [1.807, 2.05) is 6.07 Å². The number of allylic oxidation sites excluding steroid dienone is 2. The van der Waals surface area contributed by atoms with Gasteiger partial charge in [0.25, 0.3) is 0 Å². The zero-order valence-electron chi connectivity index (χ0n) is 14.8. The number of imidazole rings is 1. The first-order valence-electron chi connectivity index (χ1n) is 8.89. The van der Waals surface area contributed by atoms with Gasteiger partial charge < -0.3 is 9.88 Å². The van der Waals surface area contributed by atoms with Gasteiger partial charge in [-0.1, -0.05) is 57.0 Å². The quantitative estimate of drug-likeness (QED) is 0.543. The van der Waals surface area contributed by atoms with Gasteiger partial charge in [0.15, 0.2) is 0 Å². The van der Waals surface area contributed by atoms with Gasteiger partial charge >= 0.3 is 0 Å². The highest BCUT2D eigenvalue weighted by atomic mass is 32.1. The molecule has 0 amide bonds. The predicted molar refractivity (Wildman–Crippen MR) is 106 cm³/mol. The normalized spacial score (nSPS) is 19.8. The number of anilines is 2. The number of hydrogen-bond donors (Lipinski definition) is 2. The molecule has 2 unspecified atom stereocenters. The molecule has 2 atom stereocenters.